The first-order valence-electron chi connectivity index (χ1n) is 10.7. The average Bonchev–Trinajstić information content (AvgIpc) is 2.63. The van der Waals surface area contributed by atoms with E-state index in [9.17, 15) is 8.42 Å². The highest BCUT2D eigenvalue weighted by Gasteiger charge is 2.50. The summed E-state index contributed by atoms with van der Waals surface area (Å²) in [5.41, 5.74) is 2.18. The Morgan fingerprint density at radius 1 is 0.815 bits per heavy atom. The molecule has 4 bridgehead atoms. The Kier molecular flexibility index (Phi) is 4.41. The minimum Gasteiger partial charge on any atom is -0.297 e. The van der Waals surface area contributed by atoms with Crippen molar-refractivity contribution >= 4 is 10.0 Å². The molecule has 0 amide bonds. The quantitative estimate of drug-likeness (QED) is 0.796. The van der Waals surface area contributed by atoms with Crippen LogP contribution in [0.15, 0.2) is 23.1 Å². The molecule has 0 spiro atoms. The van der Waals surface area contributed by atoms with Gasteiger partial charge >= 0.3 is 0 Å². The number of hydrogen-bond acceptors (Lipinski definition) is 3. The third-order valence-corrected chi connectivity index (χ3v) is 9.88. The van der Waals surface area contributed by atoms with Crippen molar-refractivity contribution in [3.63, 3.8) is 0 Å². The molecule has 27 heavy (non-hydrogen) atoms. The third kappa shape index (κ3) is 3.06. The molecule has 1 aromatic rings. The highest BCUT2D eigenvalue weighted by atomic mass is 32.2. The zero-order valence-corrected chi connectivity index (χ0v) is 17.4. The predicted octanol–water partition coefficient (Wildman–Crippen LogP) is 3.43. The molecular formula is C22H32N2O2S. The van der Waals surface area contributed by atoms with Crippen LogP contribution < -0.4 is 0 Å². The van der Waals surface area contributed by atoms with Crippen molar-refractivity contribution in [1.29, 1.82) is 0 Å². The average molecular weight is 389 g/mol. The van der Waals surface area contributed by atoms with E-state index in [2.05, 4.69) is 4.90 Å². The Labute approximate surface area is 164 Å². The molecule has 0 radical (unpaired) electrons. The van der Waals surface area contributed by atoms with Crippen LogP contribution in [0.1, 0.15) is 43.2 Å². The van der Waals surface area contributed by atoms with Gasteiger partial charge in [-0.1, -0.05) is 6.07 Å². The Hall–Kier alpha value is -0.910. The van der Waals surface area contributed by atoms with Gasteiger partial charge in [-0.2, -0.15) is 4.31 Å². The van der Waals surface area contributed by atoms with Crippen LogP contribution in [-0.2, 0) is 10.0 Å². The van der Waals surface area contributed by atoms with Crippen LogP contribution >= 0.6 is 0 Å². The molecule has 0 N–H and O–H groups in total. The minimum atomic E-state index is -3.37. The van der Waals surface area contributed by atoms with E-state index in [1.807, 2.05) is 26.0 Å². The van der Waals surface area contributed by atoms with Crippen molar-refractivity contribution in [3.8, 4) is 0 Å². The summed E-state index contributed by atoms with van der Waals surface area (Å²) in [6, 6.07) is 6.24. The van der Waals surface area contributed by atoms with Crippen LogP contribution in [0.5, 0.6) is 0 Å². The molecule has 4 aliphatic carbocycles. The van der Waals surface area contributed by atoms with Gasteiger partial charge in [0.05, 0.1) is 4.90 Å². The lowest BCUT2D eigenvalue weighted by atomic mass is 9.54. The Balaban J connectivity index is 1.28. The van der Waals surface area contributed by atoms with Crippen LogP contribution in [-0.4, -0.2) is 49.8 Å². The van der Waals surface area contributed by atoms with E-state index >= 15 is 0 Å². The van der Waals surface area contributed by atoms with E-state index in [0.29, 0.717) is 18.0 Å². The van der Waals surface area contributed by atoms with Crippen molar-refractivity contribution in [1.82, 2.24) is 9.21 Å². The number of aryl methyl sites for hydroxylation is 2. The molecule has 6 rings (SSSR count). The van der Waals surface area contributed by atoms with E-state index in [-0.39, 0.29) is 0 Å². The summed E-state index contributed by atoms with van der Waals surface area (Å²) in [6.07, 6.45) is 7.21. The van der Waals surface area contributed by atoms with E-state index < -0.39 is 10.0 Å². The lowest BCUT2D eigenvalue weighted by Gasteiger charge is -2.58. The van der Waals surface area contributed by atoms with Crippen LogP contribution in [0.4, 0.5) is 0 Å². The van der Waals surface area contributed by atoms with Gasteiger partial charge in [0.1, 0.15) is 0 Å². The van der Waals surface area contributed by atoms with Gasteiger partial charge in [0.25, 0.3) is 0 Å². The third-order valence-electron chi connectivity index (χ3n) is 7.99. The summed E-state index contributed by atoms with van der Waals surface area (Å²) < 4.78 is 27.9. The van der Waals surface area contributed by atoms with Gasteiger partial charge in [-0.05, 0) is 92.9 Å². The number of nitrogens with zero attached hydrogens (tertiary/aromatic N) is 2. The molecule has 0 aromatic heterocycles. The first-order valence-corrected chi connectivity index (χ1v) is 12.2. The van der Waals surface area contributed by atoms with Crippen molar-refractivity contribution in [2.75, 3.05) is 26.2 Å². The normalized spacial score (nSPS) is 37.0. The molecule has 5 fully saturated rings. The summed E-state index contributed by atoms with van der Waals surface area (Å²) in [5, 5.41) is 0. The first kappa shape index (κ1) is 18.1. The topological polar surface area (TPSA) is 40.6 Å². The highest BCUT2D eigenvalue weighted by Crippen LogP contribution is 2.55. The molecule has 1 aliphatic heterocycles. The second-order valence-electron chi connectivity index (χ2n) is 9.61. The smallest absolute Gasteiger partial charge is 0.243 e. The van der Waals surface area contributed by atoms with Crippen molar-refractivity contribution < 1.29 is 8.42 Å². The summed E-state index contributed by atoms with van der Waals surface area (Å²) in [5.74, 6) is 3.75. The summed E-state index contributed by atoms with van der Waals surface area (Å²) in [4.78, 5) is 3.10. The first-order chi connectivity index (χ1) is 12.9. The standard InChI is InChI=1S/C22H32N2O2S/c1-15-3-4-21(9-16(15)2)27(25,26)24-7-5-23(6-8-24)22-19-11-17-10-18(13-19)14-20(22)12-17/h3-4,9,17-20,22H,5-8,10-14H2,1-2H3. The predicted molar refractivity (Wildman–Crippen MR) is 107 cm³/mol. The largest absolute Gasteiger partial charge is 0.297 e. The van der Waals surface area contributed by atoms with Crippen molar-refractivity contribution in [3.05, 3.63) is 29.3 Å². The lowest BCUT2D eigenvalue weighted by molar-refractivity contribution is -0.0720. The van der Waals surface area contributed by atoms with E-state index in [4.69, 9.17) is 0 Å². The summed E-state index contributed by atoms with van der Waals surface area (Å²) >= 11 is 0. The van der Waals surface area contributed by atoms with Gasteiger partial charge in [0.2, 0.25) is 10.0 Å². The number of piperazine rings is 1. The molecule has 5 heteroatoms. The van der Waals surface area contributed by atoms with E-state index in [1.165, 1.54) is 32.1 Å². The highest BCUT2D eigenvalue weighted by molar-refractivity contribution is 7.89. The van der Waals surface area contributed by atoms with Gasteiger partial charge in [-0.3, -0.25) is 4.90 Å². The molecule has 148 valence electrons. The van der Waals surface area contributed by atoms with Gasteiger partial charge in [-0.15, -0.1) is 0 Å². The van der Waals surface area contributed by atoms with Crippen LogP contribution in [0.25, 0.3) is 0 Å². The molecular weight excluding hydrogens is 356 g/mol. The van der Waals surface area contributed by atoms with Crippen molar-refractivity contribution in [2.24, 2.45) is 23.7 Å². The number of sulfonamides is 1. The maximum atomic E-state index is 13.1. The zero-order chi connectivity index (χ0) is 18.8. The minimum absolute atomic E-state index is 0.452. The van der Waals surface area contributed by atoms with Crippen LogP contribution in [0.2, 0.25) is 0 Å². The maximum Gasteiger partial charge on any atom is 0.243 e. The number of rotatable bonds is 3. The van der Waals surface area contributed by atoms with Crippen LogP contribution in [0, 0.1) is 37.5 Å². The molecule has 4 nitrogen and oxygen atoms in total. The fraction of sp³-hybridized carbons (Fsp3) is 0.727. The van der Waals surface area contributed by atoms with Gasteiger partial charge in [0, 0.05) is 32.2 Å². The molecule has 1 saturated heterocycles. The van der Waals surface area contributed by atoms with Crippen molar-refractivity contribution in [2.45, 2.75) is 56.9 Å². The van der Waals surface area contributed by atoms with Gasteiger partial charge in [-0.25, -0.2) is 8.42 Å². The van der Waals surface area contributed by atoms with E-state index in [0.717, 1.165) is 53.9 Å². The van der Waals surface area contributed by atoms with E-state index in [1.54, 1.807) is 10.4 Å². The number of hydrogen-bond donors (Lipinski definition) is 0. The Morgan fingerprint density at radius 2 is 1.41 bits per heavy atom. The molecule has 1 heterocycles. The monoisotopic (exact) mass is 388 g/mol. The molecule has 5 aliphatic rings. The molecule has 0 atom stereocenters. The zero-order valence-electron chi connectivity index (χ0n) is 16.6. The SMILES string of the molecule is Cc1ccc(S(=O)(=O)N2CCN(C3C4CC5CC(C4)CC3C5)CC2)cc1C. The van der Waals surface area contributed by atoms with Crippen LogP contribution in [0.3, 0.4) is 0 Å². The Morgan fingerprint density at radius 3 is 1.96 bits per heavy atom. The molecule has 4 saturated carbocycles. The molecule has 1 aromatic carbocycles. The second kappa shape index (κ2) is 6.57. The maximum absolute atomic E-state index is 13.1. The number of benzene rings is 1. The lowest BCUT2D eigenvalue weighted by Crippen LogP contribution is -2.60. The summed E-state index contributed by atoms with van der Waals surface area (Å²) in [6.45, 7) is 7.08. The summed E-state index contributed by atoms with van der Waals surface area (Å²) in [7, 11) is -3.37. The Bertz CT molecular complexity index is 799. The fourth-order valence-electron chi connectivity index (χ4n) is 6.76. The molecule has 0 unspecified atom stereocenters. The fourth-order valence-corrected chi connectivity index (χ4v) is 8.27. The van der Waals surface area contributed by atoms with Gasteiger partial charge in [0.15, 0.2) is 0 Å². The van der Waals surface area contributed by atoms with Gasteiger partial charge < -0.3 is 0 Å². The second-order valence-corrected chi connectivity index (χ2v) is 11.5.